The van der Waals surface area contributed by atoms with Gasteiger partial charge in [-0.25, -0.2) is 15.2 Å². The number of hydrogen-bond acceptors (Lipinski definition) is 9. The highest BCUT2D eigenvalue weighted by atomic mass is 16.5. The molecule has 0 aliphatic rings. The number of hydrogen-bond donors (Lipinski definition) is 4. The van der Waals surface area contributed by atoms with Crippen LogP contribution in [0.4, 0.5) is 0 Å². The summed E-state index contributed by atoms with van der Waals surface area (Å²) in [6, 6.07) is 3.63. The number of aryl methyl sites for hydroxylation is 1. The van der Waals surface area contributed by atoms with Gasteiger partial charge in [0.1, 0.15) is 17.2 Å². The fourth-order valence-corrected chi connectivity index (χ4v) is 2.14. The summed E-state index contributed by atoms with van der Waals surface area (Å²) in [5, 5.41) is 22.3. The molecule has 2 heterocycles. The minimum Gasteiger partial charge on any atom is -0.494 e. The average Bonchev–Trinajstić information content (AvgIpc) is 2.62. The predicted octanol–water partition coefficient (Wildman–Crippen LogP) is -0.981. The van der Waals surface area contributed by atoms with E-state index in [1.165, 1.54) is 7.11 Å². The van der Waals surface area contributed by atoms with Crippen LogP contribution in [0, 0.1) is 18.3 Å². The van der Waals surface area contributed by atoms with E-state index >= 15 is 0 Å². The molecule has 28 heavy (non-hydrogen) atoms. The largest absolute Gasteiger partial charge is 0.494 e. The van der Waals surface area contributed by atoms with Crippen LogP contribution in [0.2, 0.25) is 0 Å². The molecule has 12 heteroatoms. The number of pyridine rings is 1. The van der Waals surface area contributed by atoms with Crippen LogP contribution in [-0.2, 0) is 16.1 Å². The smallest absolute Gasteiger partial charge is 0.328 e. The highest BCUT2D eigenvalue weighted by molar-refractivity contribution is 5.84. The van der Waals surface area contributed by atoms with Crippen LogP contribution < -0.4 is 21.4 Å². The third-order valence-electron chi connectivity index (χ3n) is 3.29. The lowest BCUT2D eigenvalue weighted by Gasteiger charge is -2.10. The van der Waals surface area contributed by atoms with Gasteiger partial charge in [0.2, 0.25) is 11.8 Å². The standard InChI is InChI=1S/C16H16N6O6/c1-8-3-9(6-27-2)10(4-17)15(19-8)28-7-12(23)22-18-5-11-13(24)20-16(26)21-14(11)25/h3,5H,6-7H2,1-2H3,(H,22,23)(H3,20,21,24,25,26)/b18-5-. The molecule has 1 amide bonds. The van der Waals surface area contributed by atoms with Crippen molar-refractivity contribution in [2.75, 3.05) is 13.7 Å². The summed E-state index contributed by atoms with van der Waals surface area (Å²) >= 11 is 0. The molecule has 0 fully saturated rings. The van der Waals surface area contributed by atoms with Crippen molar-refractivity contribution in [3.63, 3.8) is 0 Å². The molecule has 2 rings (SSSR count). The van der Waals surface area contributed by atoms with Crippen molar-refractivity contribution in [1.29, 1.82) is 5.26 Å². The molecule has 0 atom stereocenters. The fraction of sp³-hybridized carbons (Fsp3) is 0.250. The SMILES string of the molecule is COCc1cc(C)nc(OCC(=O)N/N=C\c2c(O)[nH]c(=O)[nH]c2=O)c1C#N. The number of carbonyl (C=O) groups excluding carboxylic acids is 1. The van der Waals surface area contributed by atoms with Gasteiger partial charge >= 0.3 is 5.69 Å². The van der Waals surface area contributed by atoms with Gasteiger partial charge in [-0.2, -0.15) is 10.4 Å². The monoisotopic (exact) mass is 388 g/mol. The quantitative estimate of drug-likeness (QED) is 0.344. The van der Waals surface area contributed by atoms with Crippen LogP contribution in [-0.4, -0.2) is 45.9 Å². The summed E-state index contributed by atoms with van der Waals surface area (Å²) < 4.78 is 10.3. The van der Waals surface area contributed by atoms with Crippen molar-refractivity contribution < 1.29 is 19.4 Å². The first-order chi connectivity index (χ1) is 13.3. The molecule has 0 saturated heterocycles. The van der Waals surface area contributed by atoms with E-state index in [-0.39, 0.29) is 23.6 Å². The van der Waals surface area contributed by atoms with Gasteiger partial charge < -0.3 is 14.6 Å². The number of methoxy groups -OCH3 is 1. The minimum atomic E-state index is -0.885. The Labute approximate surface area is 157 Å². The number of rotatable bonds is 7. The summed E-state index contributed by atoms with van der Waals surface area (Å²) in [5.41, 5.74) is 1.25. The summed E-state index contributed by atoms with van der Waals surface area (Å²) in [6.07, 6.45) is 0.852. The Bertz CT molecular complexity index is 1060. The highest BCUT2D eigenvalue weighted by Gasteiger charge is 2.14. The number of amides is 1. The number of H-pyrrole nitrogens is 2. The lowest BCUT2D eigenvalue weighted by atomic mass is 10.1. The van der Waals surface area contributed by atoms with Gasteiger partial charge in [-0.15, -0.1) is 0 Å². The second-order valence-corrected chi connectivity index (χ2v) is 5.40. The maximum atomic E-state index is 11.8. The molecule has 0 aliphatic heterocycles. The predicted molar refractivity (Wildman–Crippen MR) is 95.0 cm³/mol. The van der Waals surface area contributed by atoms with Crippen LogP contribution in [0.25, 0.3) is 0 Å². The molecule has 0 bridgehead atoms. The molecule has 0 spiro atoms. The zero-order valence-corrected chi connectivity index (χ0v) is 14.9. The lowest BCUT2D eigenvalue weighted by Crippen LogP contribution is -2.27. The number of nitrogens with zero attached hydrogens (tertiary/aromatic N) is 3. The van der Waals surface area contributed by atoms with Gasteiger partial charge in [0.25, 0.3) is 11.5 Å². The van der Waals surface area contributed by atoms with E-state index in [0.29, 0.717) is 11.3 Å². The zero-order valence-electron chi connectivity index (χ0n) is 14.9. The fourth-order valence-electron chi connectivity index (χ4n) is 2.14. The number of ether oxygens (including phenoxy) is 2. The van der Waals surface area contributed by atoms with Gasteiger partial charge in [0.05, 0.1) is 12.8 Å². The Morgan fingerprint density at radius 2 is 2.21 bits per heavy atom. The summed E-state index contributed by atoms with van der Waals surface area (Å²) in [6.45, 7) is 1.37. The topological polar surface area (TPSA) is 183 Å². The molecule has 146 valence electrons. The van der Waals surface area contributed by atoms with Crippen LogP contribution in [0.3, 0.4) is 0 Å². The Kier molecular flexibility index (Phi) is 6.61. The first-order valence-electron chi connectivity index (χ1n) is 7.75. The van der Waals surface area contributed by atoms with Crippen molar-refractivity contribution in [1.82, 2.24) is 20.4 Å². The number of carbonyl (C=O) groups is 1. The summed E-state index contributed by atoms with van der Waals surface area (Å²) in [7, 11) is 1.48. The molecule has 0 unspecified atom stereocenters. The van der Waals surface area contributed by atoms with Gasteiger partial charge in [-0.05, 0) is 13.0 Å². The van der Waals surface area contributed by atoms with Crippen molar-refractivity contribution in [2.45, 2.75) is 13.5 Å². The molecule has 12 nitrogen and oxygen atoms in total. The summed E-state index contributed by atoms with van der Waals surface area (Å²) in [4.78, 5) is 42.3. The molecule has 0 saturated carbocycles. The second-order valence-electron chi connectivity index (χ2n) is 5.40. The van der Waals surface area contributed by atoms with E-state index < -0.39 is 29.6 Å². The van der Waals surface area contributed by atoms with Gasteiger partial charge in [-0.1, -0.05) is 0 Å². The molecular formula is C16H16N6O6. The highest BCUT2D eigenvalue weighted by Crippen LogP contribution is 2.21. The number of aromatic nitrogens is 3. The molecule has 0 aliphatic carbocycles. The van der Waals surface area contributed by atoms with Crippen LogP contribution in [0.5, 0.6) is 11.8 Å². The maximum absolute atomic E-state index is 11.8. The van der Waals surface area contributed by atoms with Crippen molar-refractivity contribution >= 4 is 12.1 Å². The van der Waals surface area contributed by atoms with E-state index in [1.54, 1.807) is 13.0 Å². The van der Waals surface area contributed by atoms with Crippen LogP contribution >= 0.6 is 0 Å². The first-order valence-corrected chi connectivity index (χ1v) is 7.75. The first kappa shape index (κ1) is 20.3. The van der Waals surface area contributed by atoms with E-state index in [0.717, 1.165) is 6.21 Å². The number of hydrazone groups is 1. The average molecular weight is 388 g/mol. The summed E-state index contributed by atoms with van der Waals surface area (Å²) in [5.74, 6) is -1.43. The van der Waals surface area contributed by atoms with E-state index in [1.807, 2.05) is 16.0 Å². The third-order valence-corrected chi connectivity index (χ3v) is 3.29. The lowest BCUT2D eigenvalue weighted by molar-refractivity contribution is -0.123. The van der Waals surface area contributed by atoms with Crippen molar-refractivity contribution in [3.8, 4) is 17.8 Å². The minimum absolute atomic E-state index is 0.0246. The number of nitrogens with one attached hydrogen (secondary N) is 3. The van der Waals surface area contributed by atoms with E-state index in [4.69, 9.17) is 9.47 Å². The Balaban J connectivity index is 2.05. The van der Waals surface area contributed by atoms with Gasteiger partial charge in [-0.3, -0.25) is 19.6 Å². The number of nitriles is 1. The Morgan fingerprint density at radius 1 is 1.46 bits per heavy atom. The second kappa shape index (κ2) is 9.10. The van der Waals surface area contributed by atoms with Crippen LogP contribution in [0.15, 0.2) is 20.8 Å². The normalized spacial score (nSPS) is 10.6. The van der Waals surface area contributed by atoms with Crippen molar-refractivity contribution in [3.05, 3.63) is 49.3 Å². The Hall–Kier alpha value is -3.98. The third kappa shape index (κ3) is 5.02. The Morgan fingerprint density at radius 3 is 2.86 bits per heavy atom. The number of aromatic hydroxyl groups is 1. The molecule has 4 N–H and O–H groups in total. The maximum Gasteiger partial charge on any atom is 0.328 e. The van der Waals surface area contributed by atoms with Gasteiger partial charge in [0, 0.05) is 18.4 Å². The van der Waals surface area contributed by atoms with Crippen LogP contribution in [0.1, 0.15) is 22.4 Å². The van der Waals surface area contributed by atoms with Crippen molar-refractivity contribution in [2.24, 2.45) is 5.10 Å². The molecule has 0 aromatic carbocycles. The van der Waals surface area contributed by atoms with E-state index in [2.05, 4.69) is 15.5 Å². The van der Waals surface area contributed by atoms with Gasteiger partial charge in [0.15, 0.2) is 6.61 Å². The zero-order chi connectivity index (χ0) is 20.7. The van der Waals surface area contributed by atoms with E-state index in [9.17, 15) is 24.8 Å². The molecular weight excluding hydrogens is 372 g/mol. The number of aromatic amines is 2. The molecule has 2 aromatic rings. The molecule has 2 aromatic heterocycles. The molecule has 0 radical (unpaired) electrons.